The molecule has 2 N–H and O–H groups in total. The summed E-state index contributed by atoms with van der Waals surface area (Å²) >= 11 is 1.57. The average Bonchev–Trinajstić information content (AvgIpc) is 2.50. The van der Waals surface area contributed by atoms with Gasteiger partial charge in [0.1, 0.15) is 6.04 Å². The van der Waals surface area contributed by atoms with Crippen LogP contribution in [0.4, 0.5) is 0 Å². The molecule has 0 saturated heterocycles. The number of thiophene rings is 1. The molecule has 0 bridgehead atoms. The zero-order valence-electron chi connectivity index (χ0n) is 7.69. The standard InChI is InChI=1S/C9H11NO3S/c1-6-2-7(4-14-6)3-8(9(12)13)10-5-11/h2,4-5,8H,3H2,1H3,(H,10,11)(H,12,13). The molecule has 0 aliphatic heterocycles. The van der Waals surface area contributed by atoms with Crippen molar-refractivity contribution in [3.8, 4) is 0 Å². The summed E-state index contributed by atoms with van der Waals surface area (Å²) in [5, 5.41) is 12.9. The molecule has 1 atom stereocenters. The quantitative estimate of drug-likeness (QED) is 0.711. The van der Waals surface area contributed by atoms with Crippen molar-refractivity contribution >= 4 is 23.7 Å². The molecule has 4 nitrogen and oxygen atoms in total. The highest BCUT2D eigenvalue weighted by Crippen LogP contribution is 2.14. The predicted octanol–water partition coefficient (Wildman–Crippen LogP) is 0.798. The third kappa shape index (κ3) is 2.85. The third-order valence-corrected chi connectivity index (χ3v) is 2.70. The first kappa shape index (κ1) is 10.7. The normalized spacial score (nSPS) is 12.1. The maximum atomic E-state index is 10.7. The first-order valence-electron chi connectivity index (χ1n) is 4.10. The van der Waals surface area contributed by atoms with Crippen molar-refractivity contribution in [2.75, 3.05) is 0 Å². The summed E-state index contributed by atoms with van der Waals surface area (Å²) in [5.74, 6) is -1.01. The zero-order chi connectivity index (χ0) is 10.6. The van der Waals surface area contributed by atoms with Gasteiger partial charge in [-0.05, 0) is 23.9 Å². The lowest BCUT2D eigenvalue weighted by atomic mass is 10.1. The minimum atomic E-state index is -1.01. The number of carbonyl (C=O) groups is 2. The molecule has 0 radical (unpaired) electrons. The molecular weight excluding hydrogens is 202 g/mol. The van der Waals surface area contributed by atoms with Crippen molar-refractivity contribution in [3.63, 3.8) is 0 Å². The topological polar surface area (TPSA) is 66.4 Å². The lowest BCUT2D eigenvalue weighted by molar-refractivity contribution is -0.140. The first-order chi connectivity index (χ1) is 6.63. The first-order valence-corrected chi connectivity index (χ1v) is 4.98. The molecule has 0 saturated carbocycles. The van der Waals surface area contributed by atoms with Gasteiger partial charge in [-0.2, -0.15) is 0 Å². The van der Waals surface area contributed by atoms with Crippen LogP contribution in [0.15, 0.2) is 11.4 Å². The number of hydrogen-bond acceptors (Lipinski definition) is 3. The van der Waals surface area contributed by atoms with Gasteiger partial charge in [0.2, 0.25) is 6.41 Å². The molecule has 1 unspecified atom stereocenters. The number of carboxylic acids is 1. The Kier molecular flexibility index (Phi) is 3.64. The number of aryl methyl sites for hydroxylation is 1. The van der Waals surface area contributed by atoms with E-state index in [1.807, 2.05) is 18.4 Å². The van der Waals surface area contributed by atoms with Gasteiger partial charge in [0.25, 0.3) is 0 Å². The number of hydrogen-bond donors (Lipinski definition) is 2. The van der Waals surface area contributed by atoms with Crippen LogP contribution in [0.3, 0.4) is 0 Å². The number of aliphatic carboxylic acids is 1. The van der Waals surface area contributed by atoms with Crippen molar-refractivity contribution in [3.05, 3.63) is 21.9 Å². The second-order valence-corrected chi connectivity index (χ2v) is 4.06. The van der Waals surface area contributed by atoms with Gasteiger partial charge < -0.3 is 10.4 Å². The SMILES string of the molecule is Cc1cc(CC(NC=O)C(=O)O)cs1. The van der Waals surface area contributed by atoms with Crippen LogP contribution in [-0.2, 0) is 16.0 Å². The molecule has 1 rings (SSSR count). The molecule has 1 aromatic heterocycles. The maximum absolute atomic E-state index is 10.7. The van der Waals surface area contributed by atoms with Crippen molar-refractivity contribution in [1.82, 2.24) is 5.32 Å². The summed E-state index contributed by atoms with van der Waals surface area (Å²) in [7, 11) is 0. The van der Waals surface area contributed by atoms with E-state index in [0.29, 0.717) is 12.8 Å². The van der Waals surface area contributed by atoms with Crippen LogP contribution in [0.5, 0.6) is 0 Å². The van der Waals surface area contributed by atoms with E-state index in [1.54, 1.807) is 11.3 Å². The van der Waals surface area contributed by atoms with Crippen LogP contribution in [0.1, 0.15) is 10.4 Å². The largest absolute Gasteiger partial charge is 0.480 e. The van der Waals surface area contributed by atoms with Gasteiger partial charge in [0, 0.05) is 11.3 Å². The average molecular weight is 213 g/mol. The van der Waals surface area contributed by atoms with Crippen LogP contribution in [0, 0.1) is 6.92 Å². The molecule has 0 aliphatic rings. The molecular formula is C9H11NO3S. The van der Waals surface area contributed by atoms with E-state index in [2.05, 4.69) is 5.32 Å². The van der Waals surface area contributed by atoms with Crippen molar-refractivity contribution in [1.29, 1.82) is 0 Å². The van der Waals surface area contributed by atoms with E-state index < -0.39 is 12.0 Å². The predicted molar refractivity (Wildman–Crippen MR) is 53.4 cm³/mol. The Labute approximate surface area is 85.6 Å². The third-order valence-electron chi connectivity index (χ3n) is 1.79. The lowest BCUT2D eigenvalue weighted by Gasteiger charge is -2.08. The number of carbonyl (C=O) groups excluding carboxylic acids is 1. The van der Waals surface area contributed by atoms with E-state index in [-0.39, 0.29) is 0 Å². The van der Waals surface area contributed by atoms with Gasteiger partial charge in [0.15, 0.2) is 0 Å². The maximum Gasteiger partial charge on any atom is 0.326 e. The van der Waals surface area contributed by atoms with Gasteiger partial charge in [0.05, 0.1) is 0 Å². The van der Waals surface area contributed by atoms with Gasteiger partial charge >= 0.3 is 5.97 Å². The Morgan fingerprint density at radius 1 is 1.79 bits per heavy atom. The van der Waals surface area contributed by atoms with Crippen molar-refractivity contribution < 1.29 is 14.7 Å². The van der Waals surface area contributed by atoms with E-state index in [0.717, 1.165) is 10.4 Å². The van der Waals surface area contributed by atoms with Crippen LogP contribution in [0.2, 0.25) is 0 Å². The number of nitrogens with one attached hydrogen (secondary N) is 1. The summed E-state index contributed by atoms with van der Waals surface area (Å²) in [4.78, 5) is 22.0. The molecule has 5 heteroatoms. The highest BCUT2D eigenvalue weighted by molar-refractivity contribution is 7.10. The van der Waals surface area contributed by atoms with Crippen LogP contribution >= 0.6 is 11.3 Å². The van der Waals surface area contributed by atoms with E-state index in [4.69, 9.17) is 5.11 Å². The monoisotopic (exact) mass is 213 g/mol. The van der Waals surface area contributed by atoms with Gasteiger partial charge in [-0.15, -0.1) is 11.3 Å². The Morgan fingerprint density at radius 2 is 2.50 bits per heavy atom. The fourth-order valence-electron chi connectivity index (χ4n) is 1.14. The molecule has 14 heavy (non-hydrogen) atoms. The lowest BCUT2D eigenvalue weighted by Crippen LogP contribution is -2.37. The Bertz CT molecular complexity index is 335. The Morgan fingerprint density at radius 3 is 2.93 bits per heavy atom. The van der Waals surface area contributed by atoms with Gasteiger partial charge in [-0.1, -0.05) is 0 Å². The van der Waals surface area contributed by atoms with Crippen molar-refractivity contribution in [2.45, 2.75) is 19.4 Å². The highest BCUT2D eigenvalue weighted by atomic mass is 32.1. The molecule has 1 amide bonds. The van der Waals surface area contributed by atoms with Gasteiger partial charge in [-0.25, -0.2) is 4.79 Å². The van der Waals surface area contributed by atoms with Crippen LogP contribution in [-0.4, -0.2) is 23.5 Å². The van der Waals surface area contributed by atoms with Gasteiger partial charge in [-0.3, -0.25) is 4.79 Å². The summed E-state index contributed by atoms with van der Waals surface area (Å²) in [6, 6.07) is 1.09. The van der Waals surface area contributed by atoms with E-state index in [9.17, 15) is 9.59 Å². The summed E-state index contributed by atoms with van der Waals surface area (Å²) in [6.07, 6.45) is 0.746. The molecule has 1 aromatic rings. The molecule has 1 heterocycles. The number of carboxylic acid groups (broad SMARTS) is 1. The second kappa shape index (κ2) is 4.76. The minimum Gasteiger partial charge on any atom is -0.480 e. The Balaban J connectivity index is 2.64. The highest BCUT2D eigenvalue weighted by Gasteiger charge is 2.16. The van der Waals surface area contributed by atoms with Crippen LogP contribution in [0.25, 0.3) is 0 Å². The summed E-state index contributed by atoms with van der Waals surface area (Å²) < 4.78 is 0. The minimum absolute atomic E-state index is 0.332. The van der Waals surface area contributed by atoms with E-state index in [1.165, 1.54) is 0 Å². The second-order valence-electron chi connectivity index (χ2n) is 2.95. The summed E-state index contributed by atoms with van der Waals surface area (Å²) in [5.41, 5.74) is 0.939. The molecule has 0 spiro atoms. The molecule has 76 valence electrons. The zero-order valence-corrected chi connectivity index (χ0v) is 8.50. The fraction of sp³-hybridized carbons (Fsp3) is 0.333. The molecule has 0 aromatic carbocycles. The molecule has 0 fully saturated rings. The summed E-state index contributed by atoms with van der Waals surface area (Å²) in [6.45, 7) is 1.96. The Hall–Kier alpha value is -1.36. The van der Waals surface area contributed by atoms with Crippen LogP contribution < -0.4 is 5.32 Å². The van der Waals surface area contributed by atoms with E-state index >= 15 is 0 Å². The smallest absolute Gasteiger partial charge is 0.326 e. The number of amides is 1. The molecule has 0 aliphatic carbocycles. The number of rotatable bonds is 5. The van der Waals surface area contributed by atoms with Crippen molar-refractivity contribution in [2.24, 2.45) is 0 Å². The fourth-order valence-corrected chi connectivity index (χ4v) is 1.86.